The van der Waals surface area contributed by atoms with E-state index in [2.05, 4.69) is 19.9 Å². The number of nitrogens with zero attached hydrogens (tertiary/aromatic N) is 3. The Morgan fingerprint density at radius 2 is 2.25 bits per heavy atom. The average molecular weight is 221 g/mol. The quantitative estimate of drug-likeness (QED) is 0.498. The van der Waals surface area contributed by atoms with Crippen molar-refractivity contribution in [2.24, 2.45) is 16.7 Å². The van der Waals surface area contributed by atoms with Crippen molar-refractivity contribution in [2.75, 3.05) is 6.54 Å². The van der Waals surface area contributed by atoms with Crippen molar-refractivity contribution in [3.63, 3.8) is 0 Å². The van der Waals surface area contributed by atoms with Gasteiger partial charge in [0.2, 0.25) is 0 Å². The highest BCUT2D eigenvalue weighted by atomic mass is 16.7. The highest BCUT2D eigenvalue weighted by Gasteiger charge is 2.81. The molecule has 1 saturated heterocycles. The van der Waals surface area contributed by atoms with Crippen molar-refractivity contribution in [1.82, 2.24) is 5.01 Å². The Labute approximate surface area is 94.1 Å². The van der Waals surface area contributed by atoms with Crippen LogP contribution >= 0.6 is 0 Å². The van der Waals surface area contributed by atoms with E-state index >= 15 is 0 Å². The molecule has 0 spiro atoms. The molecule has 1 heterocycles. The Bertz CT molecular complexity index is 431. The predicted molar refractivity (Wildman–Crippen MR) is 55.6 cm³/mol. The Balaban J connectivity index is 2.19. The minimum absolute atomic E-state index is 0.0458. The third-order valence-corrected chi connectivity index (χ3v) is 5.91. The van der Waals surface area contributed by atoms with Gasteiger partial charge in [-0.25, -0.2) is 10.1 Å². The van der Waals surface area contributed by atoms with Crippen LogP contribution < -0.4 is 0 Å². The summed E-state index contributed by atoms with van der Waals surface area (Å²) in [7, 11) is 0. The van der Waals surface area contributed by atoms with Gasteiger partial charge in [0.05, 0.1) is 12.6 Å². The molecular formula is C11H15N3O2. The molecule has 86 valence electrons. The summed E-state index contributed by atoms with van der Waals surface area (Å²) in [4.78, 5) is 11.1. The highest BCUT2D eigenvalue weighted by Crippen LogP contribution is 2.75. The van der Waals surface area contributed by atoms with Crippen LogP contribution in [0.1, 0.15) is 33.1 Å². The highest BCUT2D eigenvalue weighted by molar-refractivity contribution is 5.34. The fourth-order valence-corrected chi connectivity index (χ4v) is 4.67. The SMILES string of the molecule is C[C@]12CC[C@@H]3C[C@@]1(C#N)N([N+](=O)[O-])C[C@@]32C. The lowest BCUT2D eigenvalue weighted by Gasteiger charge is -2.37. The third-order valence-electron chi connectivity index (χ3n) is 5.91. The number of nitriles is 1. The first-order valence-corrected chi connectivity index (χ1v) is 5.74. The maximum atomic E-state index is 11.1. The zero-order valence-electron chi connectivity index (χ0n) is 9.56. The van der Waals surface area contributed by atoms with E-state index < -0.39 is 5.54 Å². The summed E-state index contributed by atoms with van der Waals surface area (Å²) < 4.78 is 0. The second kappa shape index (κ2) is 2.34. The first kappa shape index (κ1) is 9.88. The maximum Gasteiger partial charge on any atom is 0.192 e. The zero-order valence-corrected chi connectivity index (χ0v) is 9.56. The van der Waals surface area contributed by atoms with Crippen LogP contribution in [0.4, 0.5) is 0 Å². The number of hydrogen-bond donors (Lipinski definition) is 0. The van der Waals surface area contributed by atoms with Crippen LogP contribution in [0.5, 0.6) is 0 Å². The smallest absolute Gasteiger partial charge is 0.192 e. The monoisotopic (exact) mass is 221 g/mol. The molecular weight excluding hydrogens is 206 g/mol. The molecule has 2 saturated carbocycles. The molecule has 0 N–H and O–H groups in total. The normalized spacial score (nSPS) is 53.1. The Hall–Kier alpha value is -1.31. The van der Waals surface area contributed by atoms with E-state index in [1.165, 1.54) is 5.01 Å². The van der Waals surface area contributed by atoms with Crippen LogP contribution in [0.15, 0.2) is 0 Å². The van der Waals surface area contributed by atoms with Crippen molar-refractivity contribution >= 4 is 0 Å². The van der Waals surface area contributed by atoms with Gasteiger partial charge >= 0.3 is 0 Å². The summed E-state index contributed by atoms with van der Waals surface area (Å²) in [5, 5.41) is 21.4. The molecule has 2 aliphatic carbocycles. The summed E-state index contributed by atoms with van der Waals surface area (Å²) in [5.74, 6) is 0.494. The molecule has 3 rings (SSSR count). The number of hydrogen-bond acceptors (Lipinski definition) is 3. The molecule has 5 nitrogen and oxygen atoms in total. The molecule has 3 aliphatic rings. The number of rotatable bonds is 1. The topological polar surface area (TPSA) is 70.2 Å². The molecule has 0 amide bonds. The van der Waals surface area contributed by atoms with E-state index in [1.807, 2.05) is 0 Å². The van der Waals surface area contributed by atoms with E-state index in [1.54, 1.807) is 0 Å². The number of hydrazine groups is 1. The maximum absolute atomic E-state index is 11.1. The fraction of sp³-hybridized carbons (Fsp3) is 0.909. The minimum atomic E-state index is -0.853. The van der Waals surface area contributed by atoms with E-state index in [-0.39, 0.29) is 15.9 Å². The molecule has 0 aromatic rings. The largest absolute Gasteiger partial charge is 0.235 e. The van der Waals surface area contributed by atoms with Gasteiger partial charge in [-0.15, -0.1) is 5.01 Å². The minimum Gasteiger partial charge on any atom is -0.235 e. The molecule has 0 aromatic heterocycles. The van der Waals surface area contributed by atoms with Gasteiger partial charge in [0.1, 0.15) is 0 Å². The van der Waals surface area contributed by atoms with Crippen molar-refractivity contribution in [1.29, 1.82) is 5.26 Å². The van der Waals surface area contributed by atoms with Crippen molar-refractivity contribution < 1.29 is 5.03 Å². The van der Waals surface area contributed by atoms with Gasteiger partial charge in [-0.1, -0.05) is 13.8 Å². The van der Waals surface area contributed by atoms with E-state index in [0.717, 1.165) is 12.8 Å². The van der Waals surface area contributed by atoms with E-state index in [9.17, 15) is 15.4 Å². The summed E-state index contributed by atoms with van der Waals surface area (Å²) >= 11 is 0. The lowest BCUT2D eigenvalue weighted by Crippen LogP contribution is -2.54. The average Bonchev–Trinajstić information content (AvgIpc) is 2.68. The lowest BCUT2D eigenvalue weighted by molar-refractivity contribution is -0.671. The van der Waals surface area contributed by atoms with Gasteiger partial charge in [0.15, 0.2) is 10.6 Å². The van der Waals surface area contributed by atoms with Crippen molar-refractivity contribution in [2.45, 2.75) is 38.6 Å². The van der Waals surface area contributed by atoms with E-state index in [4.69, 9.17) is 0 Å². The summed E-state index contributed by atoms with van der Waals surface area (Å²) in [5.41, 5.74) is -1.10. The first-order chi connectivity index (χ1) is 7.41. The van der Waals surface area contributed by atoms with Crippen molar-refractivity contribution in [3.05, 3.63) is 10.1 Å². The number of nitro groups is 1. The van der Waals surface area contributed by atoms with Gasteiger partial charge in [-0.3, -0.25) is 0 Å². The Morgan fingerprint density at radius 1 is 1.56 bits per heavy atom. The first-order valence-electron chi connectivity index (χ1n) is 5.74. The van der Waals surface area contributed by atoms with Gasteiger partial charge in [0.25, 0.3) is 0 Å². The molecule has 1 aliphatic heterocycles. The molecule has 0 unspecified atom stereocenters. The number of piperidine rings is 1. The van der Waals surface area contributed by atoms with Crippen LogP contribution in [0.3, 0.4) is 0 Å². The summed E-state index contributed by atoms with van der Waals surface area (Å²) in [6.45, 7) is 4.65. The van der Waals surface area contributed by atoms with Gasteiger partial charge < -0.3 is 0 Å². The fourth-order valence-electron chi connectivity index (χ4n) is 4.67. The molecule has 4 atom stereocenters. The van der Waals surface area contributed by atoms with Crippen molar-refractivity contribution in [3.8, 4) is 6.07 Å². The predicted octanol–water partition coefficient (Wildman–Crippen LogP) is 1.58. The molecule has 5 heteroatoms. The molecule has 0 aromatic carbocycles. The molecule has 16 heavy (non-hydrogen) atoms. The second-order valence-corrected chi connectivity index (χ2v) is 5.96. The standard InChI is InChI=1S/C11H15N3O2/c1-9-7-13(14(15)16)11(6-12)5-8(9)3-4-10(9,11)2/h8H,3-5,7H2,1-2H3/t8-,9+,10-,11+/m1/s1. The summed E-state index contributed by atoms with van der Waals surface area (Å²) in [6.07, 6.45) is 2.76. The van der Waals surface area contributed by atoms with Crippen LogP contribution in [0, 0.1) is 38.2 Å². The zero-order chi connectivity index (χ0) is 11.8. The molecule has 4 bridgehead atoms. The van der Waals surface area contributed by atoms with Crippen LogP contribution in [-0.2, 0) is 0 Å². The summed E-state index contributed by atoms with van der Waals surface area (Å²) in [6, 6.07) is 2.28. The Kier molecular flexibility index (Phi) is 1.45. The molecule has 0 radical (unpaired) electrons. The van der Waals surface area contributed by atoms with Gasteiger partial charge in [-0.05, 0) is 25.2 Å². The van der Waals surface area contributed by atoms with E-state index in [0.29, 0.717) is 18.9 Å². The Morgan fingerprint density at radius 3 is 2.75 bits per heavy atom. The van der Waals surface area contributed by atoms with Crippen LogP contribution in [-0.4, -0.2) is 22.1 Å². The van der Waals surface area contributed by atoms with Gasteiger partial charge in [-0.2, -0.15) is 5.26 Å². The second-order valence-electron chi connectivity index (χ2n) is 5.96. The third kappa shape index (κ3) is 0.649. The molecule has 3 fully saturated rings. The van der Waals surface area contributed by atoms with Gasteiger partial charge in [0, 0.05) is 10.8 Å². The van der Waals surface area contributed by atoms with Crippen LogP contribution in [0.25, 0.3) is 0 Å². The lowest BCUT2D eigenvalue weighted by atomic mass is 9.66. The van der Waals surface area contributed by atoms with Crippen LogP contribution in [0.2, 0.25) is 0 Å².